The lowest BCUT2D eigenvalue weighted by Crippen LogP contribution is -2.20. The summed E-state index contributed by atoms with van der Waals surface area (Å²) in [6, 6.07) is 8.24. The Morgan fingerprint density at radius 2 is 1.79 bits per heavy atom. The molecule has 0 atom stereocenters. The van der Waals surface area contributed by atoms with Crippen molar-refractivity contribution in [3.8, 4) is 5.75 Å². The zero-order chi connectivity index (χ0) is 13.9. The van der Waals surface area contributed by atoms with Gasteiger partial charge in [0.25, 0.3) is 0 Å². The third-order valence-corrected chi connectivity index (χ3v) is 3.01. The molecule has 0 spiro atoms. The van der Waals surface area contributed by atoms with E-state index in [9.17, 15) is 0 Å². The maximum absolute atomic E-state index is 5.71. The molecule has 0 radical (unpaired) electrons. The van der Waals surface area contributed by atoms with Crippen molar-refractivity contribution in [3.63, 3.8) is 0 Å². The van der Waals surface area contributed by atoms with Gasteiger partial charge >= 0.3 is 0 Å². The summed E-state index contributed by atoms with van der Waals surface area (Å²) < 4.78 is 5.71. The number of hydrogen-bond donors (Lipinski definition) is 1. The lowest BCUT2D eigenvalue weighted by atomic mass is 10.2. The molecule has 0 heterocycles. The molecule has 1 N–H and O–H groups in total. The normalized spacial score (nSPS) is 10.7. The van der Waals surface area contributed by atoms with E-state index in [-0.39, 0.29) is 0 Å². The second-order valence-corrected chi connectivity index (χ2v) is 5.16. The van der Waals surface area contributed by atoms with Gasteiger partial charge in [0.05, 0.1) is 6.61 Å². The van der Waals surface area contributed by atoms with Gasteiger partial charge < -0.3 is 15.0 Å². The van der Waals surface area contributed by atoms with Crippen molar-refractivity contribution in [1.82, 2.24) is 4.90 Å². The fourth-order valence-corrected chi connectivity index (χ4v) is 1.81. The zero-order valence-corrected chi connectivity index (χ0v) is 12.6. The van der Waals surface area contributed by atoms with Gasteiger partial charge in [0, 0.05) is 18.8 Å². The second-order valence-electron chi connectivity index (χ2n) is 5.16. The first-order valence-electron chi connectivity index (χ1n) is 7.34. The first kappa shape index (κ1) is 15.8. The molecular formula is C16H28N2O. The highest BCUT2D eigenvalue weighted by Gasteiger charge is 1.96. The molecule has 0 saturated heterocycles. The molecule has 0 fully saturated rings. The largest absolute Gasteiger partial charge is 0.494 e. The maximum Gasteiger partial charge on any atom is 0.119 e. The fraction of sp³-hybridized carbons (Fsp3) is 0.625. The van der Waals surface area contributed by atoms with Crippen LogP contribution in [-0.4, -0.2) is 38.7 Å². The van der Waals surface area contributed by atoms with Gasteiger partial charge in [-0.15, -0.1) is 0 Å². The minimum atomic E-state index is 0.827. The van der Waals surface area contributed by atoms with Crippen molar-refractivity contribution in [1.29, 1.82) is 0 Å². The van der Waals surface area contributed by atoms with E-state index in [1.54, 1.807) is 0 Å². The summed E-state index contributed by atoms with van der Waals surface area (Å²) in [5, 5.41) is 3.39. The molecule has 1 aromatic rings. The van der Waals surface area contributed by atoms with E-state index in [0.717, 1.165) is 37.6 Å². The van der Waals surface area contributed by atoms with Crippen LogP contribution < -0.4 is 10.1 Å². The zero-order valence-electron chi connectivity index (χ0n) is 12.6. The minimum Gasteiger partial charge on any atom is -0.494 e. The van der Waals surface area contributed by atoms with E-state index in [0.29, 0.717) is 0 Å². The van der Waals surface area contributed by atoms with Crippen LogP contribution in [0.2, 0.25) is 0 Å². The van der Waals surface area contributed by atoms with Crippen molar-refractivity contribution >= 4 is 5.69 Å². The number of rotatable bonds is 10. The molecule has 1 rings (SSSR count). The number of ether oxygens (including phenoxy) is 1. The molecule has 1 aromatic carbocycles. The van der Waals surface area contributed by atoms with Gasteiger partial charge in [-0.1, -0.05) is 26.2 Å². The van der Waals surface area contributed by atoms with Gasteiger partial charge in [0.1, 0.15) is 5.75 Å². The molecule has 0 amide bonds. The summed E-state index contributed by atoms with van der Waals surface area (Å²) in [6.07, 6.45) is 4.99. The van der Waals surface area contributed by atoms with Gasteiger partial charge in [0.15, 0.2) is 0 Å². The van der Waals surface area contributed by atoms with Crippen LogP contribution in [0, 0.1) is 0 Å². The third kappa shape index (κ3) is 7.73. The number of hydrogen-bond acceptors (Lipinski definition) is 3. The summed E-state index contributed by atoms with van der Waals surface area (Å²) >= 11 is 0. The minimum absolute atomic E-state index is 0.827. The number of likely N-dealkylation sites (N-methyl/N-ethyl adjacent to an activating group) is 1. The second kappa shape index (κ2) is 9.68. The van der Waals surface area contributed by atoms with Crippen LogP contribution in [0.4, 0.5) is 5.69 Å². The van der Waals surface area contributed by atoms with Gasteiger partial charge in [0.2, 0.25) is 0 Å². The molecule has 3 nitrogen and oxygen atoms in total. The maximum atomic E-state index is 5.71. The fourth-order valence-electron chi connectivity index (χ4n) is 1.81. The average molecular weight is 264 g/mol. The summed E-state index contributed by atoms with van der Waals surface area (Å²) in [4.78, 5) is 2.17. The lowest BCUT2D eigenvalue weighted by molar-refractivity contribution is 0.305. The molecular weight excluding hydrogens is 236 g/mol. The quantitative estimate of drug-likeness (QED) is 0.653. The molecule has 19 heavy (non-hydrogen) atoms. The topological polar surface area (TPSA) is 24.5 Å². The van der Waals surface area contributed by atoms with Crippen molar-refractivity contribution < 1.29 is 4.74 Å². The van der Waals surface area contributed by atoms with E-state index in [2.05, 4.69) is 43.4 Å². The van der Waals surface area contributed by atoms with Gasteiger partial charge in [-0.25, -0.2) is 0 Å². The van der Waals surface area contributed by atoms with E-state index in [1.165, 1.54) is 19.3 Å². The SMILES string of the molecule is CCCCCCOc1ccc(NCCN(C)C)cc1. The lowest BCUT2D eigenvalue weighted by Gasteiger charge is -2.12. The monoisotopic (exact) mass is 264 g/mol. The molecule has 0 aliphatic heterocycles. The molecule has 108 valence electrons. The number of unbranched alkanes of at least 4 members (excludes halogenated alkanes) is 3. The summed E-state index contributed by atoms with van der Waals surface area (Å²) in [6.45, 7) is 5.05. The first-order valence-corrected chi connectivity index (χ1v) is 7.34. The van der Waals surface area contributed by atoms with Gasteiger partial charge in [-0.3, -0.25) is 0 Å². The highest BCUT2D eigenvalue weighted by Crippen LogP contribution is 2.16. The Morgan fingerprint density at radius 3 is 2.42 bits per heavy atom. The number of benzene rings is 1. The molecule has 0 aliphatic rings. The molecule has 0 saturated carbocycles. The van der Waals surface area contributed by atoms with E-state index < -0.39 is 0 Å². The van der Waals surface area contributed by atoms with Crippen LogP contribution in [0.25, 0.3) is 0 Å². The standard InChI is InChI=1S/C16H28N2O/c1-4-5-6-7-14-19-16-10-8-15(9-11-16)17-12-13-18(2)3/h8-11,17H,4-7,12-14H2,1-3H3. The number of anilines is 1. The molecule has 0 bridgehead atoms. The van der Waals surface area contributed by atoms with Crippen molar-refractivity contribution in [2.45, 2.75) is 32.6 Å². The first-order chi connectivity index (χ1) is 9.22. The highest BCUT2D eigenvalue weighted by atomic mass is 16.5. The Hall–Kier alpha value is -1.22. The Balaban J connectivity index is 2.19. The summed E-state index contributed by atoms with van der Waals surface area (Å²) in [7, 11) is 4.16. The van der Waals surface area contributed by atoms with Crippen molar-refractivity contribution in [3.05, 3.63) is 24.3 Å². The summed E-state index contributed by atoms with van der Waals surface area (Å²) in [5.41, 5.74) is 1.15. The highest BCUT2D eigenvalue weighted by molar-refractivity contribution is 5.46. The van der Waals surface area contributed by atoms with Crippen LogP contribution in [0.5, 0.6) is 5.75 Å². The third-order valence-electron chi connectivity index (χ3n) is 3.01. The Bertz CT molecular complexity index is 322. The Kier molecular flexibility index (Phi) is 8.07. The molecule has 0 aliphatic carbocycles. The Labute approximate surface area is 118 Å². The van der Waals surface area contributed by atoms with Gasteiger partial charge in [-0.2, -0.15) is 0 Å². The van der Waals surface area contributed by atoms with Crippen LogP contribution in [0.1, 0.15) is 32.6 Å². The molecule has 0 aromatic heterocycles. The van der Waals surface area contributed by atoms with Crippen LogP contribution >= 0.6 is 0 Å². The average Bonchev–Trinajstić information content (AvgIpc) is 2.40. The number of nitrogens with zero attached hydrogens (tertiary/aromatic N) is 1. The predicted molar refractivity (Wildman–Crippen MR) is 83.1 cm³/mol. The van der Waals surface area contributed by atoms with Crippen LogP contribution in [0.15, 0.2) is 24.3 Å². The molecule has 3 heteroatoms. The van der Waals surface area contributed by atoms with E-state index >= 15 is 0 Å². The smallest absolute Gasteiger partial charge is 0.119 e. The van der Waals surface area contributed by atoms with Crippen LogP contribution in [-0.2, 0) is 0 Å². The van der Waals surface area contributed by atoms with Gasteiger partial charge in [-0.05, 0) is 44.8 Å². The molecule has 0 unspecified atom stereocenters. The van der Waals surface area contributed by atoms with E-state index in [4.69, 9.17) is 4.74 Å². The predicted octanol–water partition coefficient (Wildman–Crippen LogP) is 3.62. The van der Waals surface area contributed by atoms with Crippen LogP contribution in [0.3, 0.4) is 0 Å². The summed E-state index contributed by atoms with van der Waals surface area (Å²) in [5.74, 6) is 0.967. The van der Waals surface area contributed by atoms with Crippen molar-refractivity contribution in [2.75, 3.05) is 39.1 Å². The van der Waals surface area contributed by atoms with E-state index in [1.807, 2.05) is 12.1 Å². The number of nitrogens with one attached hydrogen (secondary N) is 1. The Morgan fingerprint density at radius 1 is 1.05 bits per heavy atom. The van der Waals surface area contributed by atoms with Crippen molar-refractivity contribution in [2.24, 2.45) is 0 Å².